The largest absolute Gasteiger partial charge is 0.493 e. The van der Waals surface area contributed by atoms with Gasteiger partial charge in [0.25, 0.3) is 0 Å². The van der Waals surface area contributed by atoms with E-state index in [4.69, 9.17) is 4.74 Å². The first-order valence-corrected chi connectivity index (χ1v) is 7.27. The van der Waals surface area contributed by atoms with Gasteiger partial charge in [0.15, 0.2) is 0 Å². The molecule has 1 aliphatic heterocycles. The summed E-state index contributed by atoms with van der Waals surface area (Å²) >= 11 is 1.83. The minimum absolute atomic E-state index is 0.838. The van der Waals surface area contributed by atoms with E-state index in [0.717, 1.165) is 38.3 Å². The lowest BCUT2D eigenvalue weighted by Crippen LogP contribution is -2.16. The molecule has 1 aliphatic rings. The van der Waals surface area contributed by atoms with E-state index in [1.54, 1.807) is 0 Å². The Labute approximate surface area is 112 Å². The van der Waals surface area contributed by atoms with Gasteiger partial charge in [0.2, 0.25) is 0 Å². The number of ether oxygens (including phenoxy) is 1. The Morgan fingerprint density at radius 1 is 1.28 bits per heavy atom. The van der Waals surface area contributed by atoms with Gasteiger partial charge in [0, 0.05) is 24.4 Å². The van der Waals surface area contributed by atoms with Crippen LogP contribution in [0.5, 0.6) is 5.75 Å². The predicted molar refractivity (Wildman–Crippen MR) is 75.4 cm³/mol. The number of rotatable bonds is 5. The average molecular weight is 259 g/mol. The summed E-state index contributed by atoms with van der Waals surface area (Å²) in [7, 11) is 0. The van der Waals surface area contributed by atoms with Crippen molar-refractivity contribution in [1.29, 1.82) is 0 Å². The molecule has 0 saturated carbocycles. The SMILES string of the molecule is c1csc(CCNCc2ccc3c(c2)CCO3)c1. The summed E-state index contributed by atoms with van der Waals surface area (Å²) in [5, 5.41) is 5.63. The van der Waals surface area contributed by atoms with Gasteiger partial charge in [0.05, 0.1) is 6.61 Å². The maximum Gasteiger partial charge on any atom is 0.122 e. The molecule has 0 amide bonds. The Hall–Kier alpha value is -1.32. The van der Waals surface area contributed by atoms with E-state index in [0.29, 0.717) is 0 Å². The van der Waals surface area contributed by atoms with Crippen LogP contribution in [0.15, 0.2) is 35.7 Å². The highest BCUT2D eigenvalue weighted by molar-refractivity contribution is 7.09. The lowest BCUT2D eigenvalue weighted by atomic mass is 10.1. The molecule has 0 fully saturated rings. The molecule has 0 radical (unpaired) electrons. The fourth-order valence-corrected chi connectivity index (χ4v) is 2.96. The van der Waals surface area contributed by atoms with Gasteiger partial charge in [-0.1, -0.05) is 18.2 Å². The molecule has 2 aromatic rings. The van der Waals surface area contributed by atoms with Crippen LogP contribution in [0.1, 0.15) is 16.0 Å². The summed E-state index contributed by atoms with van der Waals surface area (Å²) < 4.78 is 5.51. The average Bonchev–Trinajstić information content (AvgIpc) is 3.05. The number of hydrogen-bond donors (Lipinski definition) is 1. The molecule has 1 N–H and O–H groups in total. The van der Waals surface area contributed by atoms with Gasteiger partial charge in [-0.25, -0.2) is 0 Å². The van der Waals surface area contributed by atoms with Gasteiger partial charge < -0.3 is 10.1 Å². The van der Waals surface area contributed by atoms with Gasteiger partial charge in [0.1, 0.15) is 5.75 Å². The summed E-state index contributed by atoms with van der Waals surface area (Å²) in [4.78, 5) is 1.45. The minimum Gasteiger partial charge on any atom is -0.493 e. The highest BCUT2D eigenvalue weighted by Gasteiger charge is 2.11. The highest BCUT2D eigenvalue weighted by Crippen LogP contribution is 2.25. The van der Waals surface area contributed by atoms with Crippen molar-refractivity contribution in [3.05, 3.63) is 51.7 Å². The van der Waals surface area contributed by atoms with Crippen LogP contribution in [0, 0.1) is 0 Å². The second-order valence-electron chi connectivity index (χ2n) is 4.55. The van der Waals surface area contributed by atoms with Crippen molar-refractivity contribution in [2.45, 2.75) is 19.4 Å². The summed E-state index contributed by atoms with van der Waals surface area (Å²) in [6.07, 6.45) is 2.17. The van der Waals surface area contributed by atoms with E-state index in [2.05, 4.69) is 41.0 Å². The first kappa shape index (κ1) is 11.8. The maximum atomic E-state index is 5.51. The predicted octanol–water partition coefficient (Wildman–Crippen LogP) is 3.02. The van der Waals surface area contributed by atoms with Gasteiger partial charge in [-0.15, -0.1) is 11.3 Å². The Kier molecular flexibility index (Phi) is 3.62. The third-order valence-corrected chi connectivity index (χ3v) is 4.15. The van der Waals surface area contributed by atoms with Crippen LogP contribution in [0.3, 0.4) is 0 Å². The number of hydrogen-bond acceptors (Lipinski definition) is 3. The monoisotopic (exact) mass is 259 g/mol. The Morgan fingerprint density at radius 2 is 2.28 bits per heavy atom. The summed E-state index contributed by atoms with van der Waals surface area (Å²) in [6, 6.07) is 10.8. The third kappa shape index (κ3) is 2.74. The van der Waals surface area contributed by atoms with Crippen LogP contribution < -0.4 is 10.1 Å². The van der Waals surface area contributed by atoms with Crippen molar-refractivity contribution >= 4 is 11.3 Å². The standard InChI is InChI=1S/C15H17NOS/c1-2-14(18-9-1)5-7-16-11-12-3-4-15-13(10-12)6-8-17-15/h1-4,9-10,16H,5-8,11H2. The molecule has 3 heteroatoms. The topological polar surface area (TPSA) is 21.3 Å². The van der Waals surface area contributed by atoms with E-state index in [1.165, 1.54) is 16.0 Å². The Bertz CT molecular complexity index is 507. The van der Waals surface area contributed by atoms with Crippen molar-refractivity contribution in [3.8, 4) is 5.75 Å². The first-order valence-electron chi connectivity index (χ1n) is 6.39. The molecule has 2 nitrogen and oxygen atoms in total. The lowest BCUT2D eigenvalue weighted by molar-refractivity contribution is 0.357. The second-order valence-corrected chi connectivity index (χ2v) is 5.58. The molecule has 0 saturated heterocycles. The normalized spacial score (nSPS) is 13.3. The maximum absolute atomic E-state index is 5.51. The lowest BCUT2D eigenvalue weighted by Gasteiger charge is -2.06. The summed E-state index contributed by atoms with van der Waals surface area (Å²) in [5.74, 6) is 1.07. The number of thiophene rings is 1. The minimum atomic E-state index is 0.838. The molecule has 3 rings (SSSR count). The van der Waals surface area contributed by atoms with Crippen molar-refractivity contribution in [2.75, 3.05) is 13.2 Å². The fraction of sp³-hybridized carbons (Fsp3) is 0.333. The van der Waals surface area contributed by atoms with Gasteiger partial charge in [-0.2, -0.15) is 0 Å². The van der Waals surface area contributed by atoms with Crippen molar-refractivity contribution in [2.24, 2.45) is 0 Å². The van der Waals surface area contributed by atoms with E-state index in [1.807, 2.05) is 11.3 Å². The molecule has 0 unspecified atom stereocenters. The van der Waals surface area contributed by atoms with Crippen molar-refractivity contribution in [3.63, 3.8) is 0 Å². The van der Waals surface area contributed by atoms with Crippen LogP contribution >= 0.6 is 11.3 Å². The molecule has 0 bridgehead atoms. The molecule has 0 atom stereocenters. The first-order chi connectivity index (χ1) is 8.92. The van der Waals surface area contributed by atoms with E-state index in [-0.39, 0.29) is 0 Å². The second kappa shape index (κ2) is 5.55. The fourth-order valence-electron chi connectivity index (χ4n) is 2.25. The molecule has 0 aliphatic carbocycles. The molecule has 18 heavy (non-hydrogen) atoms. The van der Waals surface area contributed by atoms with Crippen LogP contribution in [-0.4, -0.2) is 13.2 Å². The quantitative estimate of drug-likeness (QED) is 0.833. The van der Waals surface area contributed by atoms with Crippen molar-refractivity contribution < 1.29 is 4.74 Å². The zero-order chi connectivity index (χ0) is 12.2. The van der Waals surface area contributed by atoms with Crippen LogP contribution in [0.2, 0.25) is 0 Å². The van der Waals surface area contributed by atoms with Gasteiger partial charge >= 0.3 is 0 Å². The zero-order valence-corrected chi connectivity index (χ0v) is 11.1. The molecular weight excluding hydrogens is 242 g/mol. The Morgan fingerprint density at radius 3 is 3.17 bits per heavy atom. The molecule has 2 heterocycles. The number of nitrogens with one attached hydrogen (secondary N) is 1. The van der Waals surface area contributed by atoms with Gasteiger partial charge in [-0.05, 0) is 35.1 Å². The van der Waals surface area contributed by atoms with E-state index < -0.39 is 0 Å². The van der Waals surface area contributed by atoms with Crippen molar-refractivity contribution in [1.82, 2.24) is 5.32 Å². The van der Waals surface area contributed by atoms with Gasteiger partial charge in [-0.3, -0.25) is 0 Å². The highest BCUT2D eigenvalue weighted by atomic mass is 32.1. The van der Waals surface area contributed by atoms with E-state index in [9.17, 15) is 0 Å². The number of fused-ring (bicyclic) bond motifs is 1. The van der Waals surface area contributed by atoms with Crippen LogP contribution in [0.25, 0.3) is 0 Å². The van der Waals surface area contributed by atoms with Crippen LogP contribution in [-0.2, 0) is 19.4 Å². The molecule has 1 aromatic heterocycles. The molecule has 1 aromatic carbocycles. The molecule has 94 valence electrons. The number of benzene rings is 1. The smallest absolute Gasteiger partial charge is 0.122 e. The van der Waals surface area contributed by atoms with Crippen LogP contribution in [0.4, 0.5) is 0 Å². The molecular formula is C15H17NOS. The zero-order valence-electron chi connectivity index (χ0n) is 10.3. The molecule has 0 spiro atoms. The third-order valence-electron chi connectivity index (χ3n) is 3.21. The summed E-state index contributed by atoms with van der Waals surface area (Å²) in [6.45, 7) is 2.82. The summed E-state index contributed by atoms with van der Waals surface area (Å²) in [5.41, 5.74) is 2.71. The Balaban J connectivity index is 1.48. The van der Waals surface area contributed by atoms with E-state index >= 15 is 0 Å².